The average Bonchev–Trinajstić information content (AvgIpc) is 2.82. The van der Waals surface area contributed by atoms with Crippen LogP contribution < -0.4 is 30.1 Å². The minimum Gasteiger partial charge on any atom is -0.744 e. The van der Waals surface area contributed by atoms with Gasteiger partial charge in [-0.05, 0) is 60.2 Å². The van der Waals surface area contributed by atoms with Crippen LogP contribution in [0.4, 0.5) is 0 Å². The lowest BCUT2D eigenvalue weighted by Crippen LogP contribution is -2.23. The summed E-state index contributed by atoms with van der Waals surface area (Å²) in [5, 5.41) is 0.386. The summed E-state index contributed by atoms with van der Waals surface area (Å²) in [5.41, 5.74) is 0. The summed E-state index contributed by atoms with van der Waals surface area (Å²) >= 11 is 0. The van der Waals surface area contributed by atoms with E-state index in [2.05, 4.69) is 0 Å². The van der Waals surface area contributed by atoms with E-state index in [0.29, 0.717) is 0 Å². The summed E-state index contributed by atoms with van der Waals surface area (Å²) in [6.07, 6.45) is 0. The maximum Gasteiger partial charge on any atom is 0.136 e. The van der Waals surface area contributed by atoms with Crippen LogP contribution in [0.25, 0.3) is 0 Å². The highest BCUT2D eigenvalue weighted by Crippen LogP contribution is 2.39. The standard InChI is InChI=1S/C21H21O12PS3/c1-31-16-7-4-13(10-19(16)35(22,23)24)34(14-5-8-17(32-2)20(11-14)36(25,26)27)15-6-9-18(33-3)21(12-15)37(28,29)30/h4-12H,1-3H3,(H,22,23,24)(H,25,26,27)(H,28,29,30)/p-3. The highest BCUT2D eigenvalue weighted by atomic mass is 32.2. The minimum absolute atomic E-state index is 0.129. The number of methoxy groups -OCH3 is 3. The Labute approximate surface area is 214 Å². The summed E-state index contributed by atoms with van der Waals surface area (Å²) in [6, 6.07) is 10.7. The van der Waals surface area contributed by atoms with Crippen molar-refractivity contribution >= 4 is 54.2 Å². The van der Waals surface area contributed by atoms with Gasteiger partial charge in [0, 0.05) is 0 Å². The predicted molar refractivity (Wildman–Crippen MR) is 129 cm³/mol. The molecule has 0 bridgehead atoms. The molecule has 3 aromatic rings. The molecule has 0 N–H and O–H groups in total. The van der Waals surface area contributed by atoms with Gasteiger partial charge >= 0.3 is 0 Å². The normalized spacial score (nSPS) is 12.4. The average molecular weight is 590 g/mol. The molecule has 200 valence electrons. The quantitative estimate of drug-likeness (QED) is 0.243. The molecule has 0 aliphatic carbocycles. The maximum atomic E-state index is 11.9. The SMILES string of the molecule is COc1ccc(P(c2ccc(OC)c(S(=O)(=O)[O-])c2)c2ccc(OC)c(S(=O)(=O)[O-])c2)cc1S(=O)(=O)[O-]. The molecule has 3 rings (SSSR count). The van der Waals surface area contributed by atoms with Crippen molar-refractivity contribution < 1.29 is 53.1 Å². The lowest BCUT2D eigenvalue weighted by Gasteiger charge is -2.24. The third-order valence-corrected chi connectivity index (χ3v) is 9.98. The predicted octanol–water partition coefficient (Wildman–Crippen LogP) is 0.183. The number of rotatable bonds is 9. The molecular weight excluding hydrogens is 571 g/mol. The molecule has 0 fully saturated rings. The second-order valence-electron chi connectivity index (χ2n) is 7.20. The molecule has 0 radical (unpaired) electrons. The van der Waals surface area contributed by atoms with E-state index in [-0.39, 0.29) is 33.2 Å². The first-order chi connectivity index (χ1) is 17.1. The van der Waals surface area contributed by atoms with Crippen molar-refractivity contribution in [2.75, 3.05) is 21.3 Å². The number of benzene rings is 3. The van der Waals surface area contributed by atoms with Crippen LogP contribution in [-0.4, -0.2) is 60.2 Å². The lowest BCUT2D eigenvalue weighted by molar-refractivity contribution is 0.395. The molecule has 3 aromatic carbocycles. The Morgan fingerprint density at radius 3 is 0.946 bits per heavy atom. The zero-order valence-corrected chi connectivity index (χ0v) is 22.6. The Bertz CT molecular complexity index is 1470. The molecule has 0 spiro atoms. The smallest absolute Gasteiger partial charge is 0.136 e. The van der Waals surface area contributed by atoms with Crippen LogP contribution >= 0.6 is 7.92 Å². The molecular formula is C21H18O12PS3-3. The highest BCUT2D eigenvalue weighted by Gasteiger charge is 2.24. The molecule has 0 aliphatic heterocycles. The summed E-state index contributed by atoms with van der Waals surface area (Å²) in [4.78, 5) is -2.18. The molecule has 0 saturated carbocycles. The Balaban J connectivity index is 2.43. The van der Waals surface area contributed by atoms with Crippen LogP contribution in [0.1, 0.15) is 0 Å². The molecule has 16 heteroatoms. The zero-order chi connectivity index (χ0) is 27.8. The van der Waals surface area contributed by atoms with Gasteiger partial charge in [-0.25, -0.2) is 25.3 Å². The maximum absolute atomic E-state index is 11.9. The van der Waals surface area contributed by atoms with Crippen molar-refractivity contribution in [3.63, 3.8) is 0 Å². The third kappa shape index (κ3) is 6.21. The van der Waals surface area contributed by atoms with Crippen molar-refractivity contribution in [3.8, 4) is 17.2 Å². The first-order valence-electron chi connectivity index (χ1n) is 9.83. The van der Waals surface area contributed by atoms with Crippen LogP contribution in [-0.2, 0) is 30.4 Å². The molecule has 0 unspecified atom stereocenters. The van der Waals surface area contributed by atoms with E-state index in [1.54, 1.807) is 0 Å². The van der Waals surface area contributed by atoms with Gasteiger partial charge < -0.3 is 27.9 Å². The number of hydrogen-bond acceptors (Lipinski definition) is 12. The van der Waals surface area contributed by atoms with Gasteiger partial charge in [-0.15, -0.1) is 0 Å². The molecule has 0 aliphatic rings. The molecule has 0 amide bonds. The monoisotopic (exact) mass is 589 g/mol. The fraction of sp³-hybridized carbons (Fsp3) is 0.143. The molecule has 0 saturated heterocycles. The third-order valence-electron chi connectivity index (χ3n) is 5.02. The van der Waals surface area contributed by atoms with Gasteiger partial charge in [0.1, 0.15) is 47.6 Å². The Kier molecular flexibility index (Phi) is 8.19. The van der Waals surface area contributed by atoms with Gasteiger partial charge in [0.25, 0.3) is 0 Å². The first kappa shape index (κ1) is 28.8. The second kappa shape index (κ2) is 10.5. The van der Waals surface area contributed by atoms with Crippen molar-refractivity contribution in [1.82, 2.24) is 0 Å². The largest absolute Gasteiger partial charge is 0.744 e. The fourth-order valence-electron chi connectivity index (χ4n) is 3.45. The van der Waals surface area contributed by atoms with Crippen LogP contribution in [0.2, 0.25) is 0 Å². The van der Waals surface area contributed by atoms with Gasteiger partial charge in [-0.2, -0.15) is 0 Å². The van der Waals surface area contributed by atoms with Crippen molar-refractivity contribution in [2.45, 2.75) is 14.7 Å². The van der Waals surface area contributed by atoms with Gasteiger partial charge in [0.2, 0.25) is 0 Å². The summed E-state index contributed by atoms with van der Waals surface area (Å²) in [6.45, 7) is 0. The zero-order valence-electron chi connectivity index (χ0n) is 19.3. The van der Waals surface area contributed by atoms with Gasteiger partial charge in [-0.1, -0.05) is 18.2 Å². The summed E-state index contributed by atoms with van der Waals surface area (Å²) in [7, 11) is -13.8. The van der Waals surface area contributed by atoms with E-state index in [1.807, 2.05) is 0 Å². The molecule has 0 heterocycles. The van der Waals surface area contributed by atoms with Gasteiger partial charge in [0.05, 0.1) is 36.0 Å². The molecule has 37 heavy (non-hydrogen) atoms. The van der Waals surface area contributed by atoms with Crippen LogP contribution in [0.3, 0.4) is 0 Å². The lowest BCUT2D eigenvalue weighted by atomic mass is 10.3. The van der Waals surface area contributed by atoms with Gasteiger partial charge in [0.15, 0.2) is 0 Å². The van der Waals surface area contributed by atoms with Gasteiger partial charge in [-0.3, -0.25) is 0 Å². The second-order valence-corrected chi connectivity index (χ2v) is 13.5. The van der Waals surface area contributed by atoms with Crippen LogP contribution in [0.15, 0.2) is 69.3 Å². The van der Waals surface area contributed by atoms with Crippen LogP contribution in [0, 0.1) is 0 Å². The molecule has 0 aromatic heterocycles. The minimum atomic E-state index is -5.05. The van der Waals surface area contributed by atoms with E-state index in [0.717, 1.165) is 39.5 Å². The number of hydrogen-bond donors (Lipinski definition) is 0. The fourth-order valence-corrected chi connectivity index (χ4v) is 8.06. The van der Waals surface area contributed by atoms with Crippen molar-refractivity contribution in [2.24, 2.45) is 0 Å². The molecule has 12 nitrogen and oxygen atoms in total. The summed E-state index contributed by atoms with van der Waals surface area (Å²) in [5.74, 6) is -0.781. The Morgan fingerprint density at radius 1 is 0.514 bits per heavy atom. The van der Waals surface area contributed by atoms with E-state index in [4.69, 9.17) is 14.2 Å². The Morgan fingerprint density at radius 2 is 0.757 bits per heavy atom. The first-order valence-corrected chi connectivity index (χ1v) is 15.4. The van der Waals surface area contributed by atoms with Crippen LogP contribution in [0.5, 0.6) is 17.2 Å². The molecule has 0 atom stereocenters. The Hall–Kier alpha value is -2.78. The van der Waals surface area contributed by atoms with Crippen molar-refractivity contribution in [3.05, 3.63) is 54.6 Å². The van der Waals surface area contributed by atoms with Crippen molar-refractivity contribution in [1.29, 1.82) is 0 Å². The number of ether oxygens (including phenoxy) is 3. The highest BCUT2D eigenvalue weighted by molar-refractivity contribution is 7.86. The van der Waals surface area contributed by atoms with E-state index in [9.17, 15) is 38.9 Å². The van der Waals surface area contributed by atoms with E-state index in [1.165, 1.54) is 36.4 Å². The summed E-state index contributed by atoms with van der Waals surface area (Å²) < 4.78 is 122. The van der Waals surface area contributed by atoms with E-state index < -0.39 is 53.0 Å². The van der Waals surface area contributed by atoms with E-state index >= 15 is 0 Å². The topological polar surface area (TPSA) is 199 Å².